The molecule has 0 aromatic heterocycles. The van der Waals surface area contributed by atoms with E-state index in [-0.39, 0.29) is 18.8 Å². The summed E-state index contributed by atoms with van der Waals surface area (Å²) in [7, 11) is 0. The van der Waals surface area contributed by atoms with E-state index >= 15 is 0 Å². The Morgan fingerprint density at radius 2 is 1.94 bits per heavy atom. The van der Waals surface area contributed by atoms with Gasteiger partial charge in [0.05, 0.1) is 34.6 Å². The fourth-order valence-electron chi connectivity index (χ4n) is 1.44. The topological polar surface area (TPSA) is 94.0 Å². The molecule has 6 nitrogen and oxygen atoms in total. The highest BCUT2D eigenvalue weighted by molar-refractivity contribution is 9.10. The maximum absolute atomic E-state index is 10.8. The lowest BCUT2D eigenvalue weighted by Gasteiger charge is -2.15. The van der Waals surface area contributed by atoms with Gasteiger partial charge in [0, 0.05) is 12.6 Å². The predicted molar refractivity (Wildman–Crippen MR) is 67.3 cm³/mol. The molecule has 7 heteroatoms. The van der Waals surface area contributed by atoms with Gasteiger partial charge in [0.15, 0.2) is 0 Å². The number of hydrogen-bond acceptors (Lipinski definition) is 5. The van der Waals surface area contributed by atoms with Crippen molar-refractivity contribution in [1.82, 2.24) is 4.90 Å². The summed E-state index contributed by atoms with van der Waals surface area (Å²) in [5.41, 5.74) is 0.649. The first kappa shape index (κ1) is 14.1. The van der Waals surface area contributed by atoms with Crippen LogP contribution in [0.3, 0.4) is 0 Å². The van der Waals surface area contributed by atoms with Crippen molar-refractivity contribution in [3.8, 4) is 12.1 Å². The summed E-state index contributed by atoms with van der Waals surface area (Å²) in [4.78, 5) is 11.9. The molecule has 0 aliphatic rings. The summed E-state index contributed by atoms with van der Waals surface area (Å²) in [6, 6.07) is 8.61. The van der Waals surface area contributed by atoms with Gasteiger partial charge in [0.25, 0.3) is 5.69 Å². The highest BCUT2D eigenvalue weighted by atomic mass is 79.9. The Hall–Kier alpha value is -1.96. The summed E-state index contributed by atoms with van der Waals surface area (Å²) in [6.45, 7) is 0.509. The largest absolute Gasteiger partial charge is 0.283 e. The Labute approximate surface area is 112 Å². The van der Waals surface area contributed by atoms with Crippen LogP contribution in [-0.2, 0) is 6.54 Å². The standard InChI is InChI=1S/C11H9BrN4O2/c12-11-9(2-1-3-10(11)16(17)18)8-15(6-4-13)7-5-14/h1-3H,6-8H2. The number of nitriles is 2. The van der Waals surface area contributed by atoms with Crippen molar-refractivity contribution in [2.45, 2.75) is 6.54 Å². The molecule has 0 heterocycles. The SMILES string of the molecule is N#CCN(CC#N)Cc1cccc([N+](=O)[O-])c1Br. The number of nitro groups is 1. The molecule has 1 aromatic carbocycles. The van der Waals surface area contributed by atoms with E-state index in [4.69, 9.17) is 10.5 Å². The summed E-state index contributed by atoms with van der Waals surface area (Å²) < 4.78 is 0.385. The number of halogens is 1. The lowest BCUT2D eigenvalue weighted by atomic mass is 10.2. The number of rotatable bonds is 5. The molecule has 0 amide bonds. The van der Waals surface area contributed by atoms with Crippen molar-refractivity contribution >= 4 is 21.6 Å². The van der Waals surface area contributed by atoms with Crippen LogP contribution in [0.1, 0.15) is 5.56 Å². The molecule has 0 radical (unpaired) electrons. The lowest BCUT2D eigenvalue weighted by Crippen LogP contribution is -2.24. The first-order valence-electron chi connectivity index (χ1n) is 4.98. The number of nitro benzene ring substituents is 1. The first-order valence-corrected chi connectivity index (χ1v) is 5.77. The second-order valence-electron chi connectivity index (χ2n) is 3.47. The minimum Gasteiger partial charge on any atom is -0.273 e. The quantitative estimate of drug-likeness (QED) is 0.472. The van der Waals surface area contributed by atoms with Gasteiger partial charge in [-0.3, -0.25) is 15.0 Å². The highest BCUT2D eigenvalue weighted by Crippen LogP contribution is 2.28. The van der Waals surface area contributed by atoms with E-state index in [2.05, 4.69) is 15.9 Å². The molecule has 92 valence electrons. The molecule has 0 bridgehead atoms. The van der Waals surface area contributed by atoms with Gasteiger partial charge in [-0.1, -0.05) is 12.1 Å². The molecule has 0 aliphatic carbocycles. The van der Waals surface area contributed by atoms with Crippen LogP contribution in [0.25, 0.3) is 0 Å². The highest BCUT2D eigenvalue weighted by Gasteiger charge is 2.16. The molecule has 18 heavy (non-hydrogen) atoms. The van der Waals surface area contributed by atoms with Gasteiger partial charge < -0.3 is 0 Å². The minimum atomic E-state index is -0.480. The predicted octanol–water partition coefficient (Wildman–Crippen LogP) is 2.21. The van der Waals surface area contributed by atoms with Crippen molar-refractivity contribution in [1.29, 1.82) is 10.5 Å². The Morgan fingerprint density at radius 3 is 2.44 bits per heavy atom. The summed E-state index contributed by atoms with van der Waals surface area (Å²) >= 11 is 3.18. The molecule has 1 rings (SSSR count). The van der Waals surface area contributed by atoms with Crippen molar-refractivity contribution in [3.05, 3.63) is 38.3 Å². The van der Waals surface area contributed by atoms with E-state index in [9.17, 15) is 10.1 Å². The van der Waals surface area contributed by atoms with Gasteiger partial charge in [-0.05, 0) is 21.5 Å². The van der Waals surface area contributed by atoms with Crippen molar-refractivity contribution < 1.29 is 4.92 Å². The fourth-order valence-corrected chi connectivity index (χ4v) is 1.97. The second kappa shape index (κ2) is 6.70. The Bertz CT molecular complexity index is 517. The molecule has 0 atom stereocenters. The Kier molecular flexibility index (Phi) is 5.25. The van der Waals surface area contributed by atoms with Crippen LogP contribution in [0.5, 0.6) is 0 Å². The maximum atomic E-state index is 10.8. The van der Waals surface area contributed by atoms with Gasteiger partial charge in [0.1, 0.15) is 0 Å². The molecule has 0 saturated heterocycles. The Balaban J connectivity index is 2.97. The summed E-state index contributed by atoms with van der Waals surface area (Å²) in [6.07, 6.45) is 0. The lowest BCUT2D eigenvalue weighted by molar-refractivity contribution is -0.385. The molecule has 0 N–H and O–H groups in total. The van der Waals surface area contributed by atoms with Gasteiger partial charge in [-0.25, -0.2) is 0 Å². The third-order valence-corrected chi connectivity index (χ3v) is 3.15. The van der Waals surface area contributed by atoms with E-state index in [1.807, 2.05) is 12.1 Å². The van der Waals surface area contributed by atoms with E-state index < -0.39 is 4.92 Å². The van der Waals surface area contributed by atoms with Crippen LogP contribution in [0.2, 0.25) is 0 Å². The van der Waals surface area contributed by atoms with Crippen molar-refractivity contribution in [3.63, 3.8) is 0 Å². The summed E-state index contributed by atoms with van der Waals surface area (Å²) in [5.74, 6) is 0. The molecule has 0 fully saturated rings. The molecule has 0 unspecified atom stereocenters. The summed E-state index contributed by atoms with van der Waals surface area (Å²) in [5, 5.41) is 28.0. The van der Waals surface area contributed by atoms with Gasteiger partial charge in [-0.2, -0.15) is 10.5 Å². The molecule has 0 saturated carbocycles. The zero-order valence-corrected chi connectivity index (χ0v) is 10.9. The second-order valence-corrected chi connectivity index (χ2v) is 4.26. The van der Waals surface area contributed by atoms with Crippen molar-refractivity contribution in [2.75, 3.05) is 13.1 Å². The molecule has 0 aliphatic heterocycles. The maximum Gasteiger partial charge on any atom is 0.283 e. The molecule has 0 spiro atoms. The zero-order valence-electron chi connectivity index (χ0n) is 9.34. The van der Waals surface area contributed by atoms with Crippen LogP contribution in [0.4, 0.5) is 5.69 Å². The van der Waals surface area contributed by atoms with Crippen LogP contribution < -0.4 is 0 Å². The van der Waals surface area contributed by atoms with Gasteiger partial charge in [-0.15, -0.1) is 0 Å². The number of benzene rings is 1. The molecule has 1 aromatic rings. The third-order valence-electron chi connectivity index (χ3n) is 2.24. The molecular weight excluding hydrogens is 300 g/mol. The van der Waals surface area contributed by atoms with E-state index in [0.29, 0.717) is 16.6 Å². The van der Waals surface area contributed by atoms with Crippen molar-refractivity contribution in [2.24, 2.45) is 0 Å². The average Bonchev–Trinajstić information content (AvgIpc) is 2.32. The first-order chi connectivity index (χ1) is 8.60. The van der Waals surface area contributed by atoms with Gasteiger partial charge in [0.2, 0.25) is 0 Å². The Morgan fingerprint density at radius 1 is 1.33 bits per heavy atom. The third kappa shape index (κ3) is 3.52. The van der Waals surface area contributed by atoms with Crippen LogP contribution in [-0.4, -0.2) is 22.9 Å². The van der Waals surface area contributed by atoms with Crippen LogP contribution in [0, 0.1) is 32.8 Å². The number of nitrogens with zero attached hydrogens (tertiary/aromatic N) is 4. The van der Waals surface area contributed by atoms with E-state index in [1.54, 1.807) is 17.0 Å². The van der Waals surface area contributed by atoms with E-state index in [1.165, 1.54) is 6.07 Å². The molecular formula is C11H9BrN4O2. The van der Waals surface area contributed by atoms with Crippen LogP contribution >= 0.6 is 15.9 Å². The normalized spacial score (nSPS) is 9.78. The van der Waals surface area contributed by atoms with Gasteiger partial charge >= 0.3 is 0 Å². The average molecular weight is 309 g/mol. The smallest absolute Gasteiger partial charge is 0.273 e. The fraction of sp³-hybridized carbons (Fsp3) is 0.273. The van der Waals surface area contributed by atoms with E-state index in [0.717, 1.165) is 0 Å². The minimum absolute atomic E-state index is 0.0265. The van der Waals surface area contributed by atoms with Crippen LogP contribution in [0.15, 0.2) is 22.7 Å². The monoisotopic (exact) mass is 308 g/mol. The zero-order chi connectivity index (χ0) is 13.5. The number of hydrogen-bond donors (Lipinski definition) is 0.